The molecule has 8 heteroatoms. The Kier molecular flexibility index (Phi) is 4.17. The summed E-state index contributed by atoms with van der Waals surface area (Å²) in [5.41, 5.74) is 2.87. The SMILES string of the molecule is CS(=O)(=O)c1ccc(C2=NCc3nc(=O)ccn3-c3ccc(C#N)cc32)cc1. The maximum absolute atomic E-state index is 11.7. The number of fused-ring (bicyclic) bond motifs is 3. The number of sulfone groups is 1. The van der Waals surface area contributed by atoms with Crippen LogP contribution >= 0.6 is 0 Å². The lowest BCUT2D eigenvalue weighted by Gasteiger charge is -2.14. The van der Waals surface area contributed by atoms with Crippen LogP contribution < -0.4 is 5.56 Å². The van der Waals surface area contributed by atoms with Crippen molar-refractivity contribution < 1.29 is 8.42 Å². The quantitative estimate of drug-likeness (QED) is 0.664. The molecule has 0 radical (unpaired) electrons. The lowest BCUT2D eigenvalue weighted by atomic mass is 9.98. The van der Waals surface area contributed by atoms with Gasteiger partial charge in [-0.1, -0.05) is 12.1 Å². The monoisotopic (exact) mass is 390 g/mol. The van der Waals surface area contributed by atoms with Gasteiger partial charge >= 0.3 is 0 Å². The van der Waals surface area contributed by atoms with E-state index in [-0.39, 0.29) is 17.0 Å². The van der Waals surface area contributed by atoms with E-state index in [1.54, 1.807) is 41.1 Å². The minimum Gasteiger partial charge on any atom is -0.303 e. The molecule has 0 saturated carbocycles. The highest BCUT2D eigenvalue weighted by atomic mass is 32.2. The molecule has 0 unspecified atom stereocenters. The van der Waals surface area contributed by atoms with Crippen molar-refractivity contribution in [2.75, 3.05) is 6.26 Å². The Morgan fingerprint density at radius 3 is 2.54 bits per heavy atom. The first-order valence-electron chi connectivity index (χ1n) is 8.35. The van der Waals surface area contributed by atoms with Gasteiger partial charge in [0.2, 0.25) is 0 Å². The number of rotatable bonds is 2. The van der Waals surface area contributed by atoms with E-state index < -0.39 is 9.84 Å². The number of hydrogen-bond donors (Lipinski definition) is 0. The highest BCUT2D eigenvalue weighted by molar-refractivity contribution is 7.90. The second kappa shape index (κ2) is 6.55. The predicted molar refractivity (Wildman–Crippen MR) is 103 cm³/mol. The van der Waals surface area contributed by atoms with Crippen LogP contribution in [0, 0.1) is 11.3 Å². The zero-order valence-electron chi connectivity index (χ0n) is 14.8. The second-order valence-electron chi connectivity index (χ2n) is 6.36. The third kappa shape index (κ3) is 3.12. The van der Waals surface area contributed by atoms with Crippen LogP contribution in [0.4, 0.5) is 0 Å². The van der Waals surface area contributed by atoms with Crippen LogP contribution in [0.5, 0.6) is 0 Å². The zero-order chi connectivity index (χ0) is 19.9. The van der Waals surface area contributed by atoms with Gasteiger partial charge in [0.1, 0.15) is 5.82 Å². The molecular formula is C20H14N4O3S. The molecule has 1 aliphatic heterocycles. The largest absolute Gasteiger partial charge is 0.303 e. The molecule has 0 spiro atoms. The van der Waals surface area contributed by atoms with Crippen LogP contribution in [-0.4, -0.2) is 29.9 Å². The van der Waals surface area contributed by atoms with Crippen molar-refractivity contribution in [2.45, 2.75) is 11.4 Å². The van der Waals surface area contributed by atoms with Crippen molar-refractivity contribution in [3.05, 3.63) is 87.6 Å². The summed E-state index contributed by atoms with van der Waals surface area (Å²) in [5, 5.41) is 9.31. The minimum atomic E-state index is -3.31. The van der Waals surface area contributed by atoms with Crippen LogP contribution in [0.1, 0.15) is 22.5 Å². The third-order valence-electron chi connectivity index (χ3n) is 4.46. The fourth-order valence-corrected chi connectivity index (χ4v) is 3.75. The van der Waals surface area contributed by atoms with Crippen LogP contribution in [0.3, 0.4) is 0 Å². The average molecular weight is 390 g/mol. The number of nitriles is 1. The Morgan fingerprint density at radius 1 is 1.11 bits per heavy atom. The summed E-state index contributed by atoms with van der Waals surface area (Å²) in [6.45, 7) is 0.176. The number of aliphatic imine (C=N–C) groups is 1. The van der Waals surface area contributed by atoms with Crippen LogP contribution in [0.2, 0.25) is 0 Å². The molecule has 0 fully saturated rings. The van der Waals surface area contributed by atoms with Crippen molar-refractivity contribution in [1.82, 2.24) is 9.55 Å². The standard InChI is InChI=1S/C20H14N4O3S/c1-28(26,27)15-5-3-14(4-6-15)20-16-10-13(11-21)2-7-17(16)24-9-8-19(25)23-18(24)12-22-20/h2-10H,12H2,1H3. The predicted octanol–water partition coefficient (Wildman–Crippen LogP) is 1.86. The average Bonchev–Trinajstić information content (AvgIpc) is 2.83. The Bertz CT molecular complexity index is 1330. The normalized spacial score (nSPS) is 12.9. The molecule has 1 aromatic heterocycles. The van der Waals surface area contributed by atoms with E-state index in [4.69, 9.17) is 0 Å². The van der Waals surface area contributed by atoms with Gasteiger partial charge in [-0.3, -0.25) is 9.79 Å². The van der Waals surface area contributed by atoms with E-state index in [9.17, 15) is 18.5 Å². The molecule has 0 aliphatic carbocycles. The van der Waals surface area contributed by atoms with E-state index in [1.165, 1.54) is 18.2 Å². The van der Waals surface area contributed by atoms with Crippen molar-refractivity contribution >= 4 is 15.5 Å². The van der Waals surface area contributed by atoms with Crippen molar-refractivity contribution in [3.8, 4) is 11.8 Å². The Morgan fingerprint density at radius 2 is 1.86 bits per heavy atom. The first-order chi connectivity index (χ1) is 13.4. The summed E-state index contributed by atoms with van der Waals surface area (Å²) >= 11 is 0. The molecular weight excluding hydrogens is 376 g/mol. The van der Waals surface area contributed by atoms with Crippen molar-refractivity contribution in [2.24, 2.45) is 4.99 Å². The van der Waals surface area contributed by atoms with E-state index in [2.05, 4.69) is 16.0 Å². The number of hydrogen-bond acceptors (Lipinski definition) is 6. The molecule has 0 bridgehead atoms. The zero-order valence-corrected chi connectivity index (χ0v) is 15.6. The fraction of sp³-hybridized carbons (Fsp3) is 0.100. The van der Waals surface area contributed by atoms with Gasteiger partial charge in [0.15, 0.2) is 9.84 Å². The van der Waals surface area contributed by atoms with Crippen LogP contribution in [0.25, 0.3) is 5.69 Å². The second-order valence-corrected chi connectivity index (χ2v) is 8.37. The summed E-state index contributed by atoms with van der Waals surface area (Å²) in [5.74, 6) is 0.487. The minimum absolute atomic E-state index is 0.176. The number of aromatic nitrogens is 2. The summed E-state index contributed by atoms with van der Waals surface area (Å²) in [7, 11) is -3.31. The maximum Gasteiger partial charge on any atom is 0.272 e. The molecule has 4 rings (SSSR count). The summed E-state index contributed by atoms with van der Waals surface area (Å²) in [6, 6.07) is 15.1. The lowest BCUT2D eigenvalue weighted by Crippen LogP contribution is -2.15. The van der Waals surface area contributed by atoms with Gasteiger partial charge in [-0.2, -0.15) is 10.2 Å². The molecule has 0 N–H and O–H groups in total. The molecule has 1 aliphatic rings. The van der Waals surface area contributed by atoms with E-state index in [0.717, 1.165) is 11.9 Å². The molecule has 2 aromatic carbocycles. The van der Waals surface area contributed by atoms with Gasteiger partial charge in [-0.15, -0.1) is 0 Å². The highest BCUT2D eigenvalue weighted by Gasteiger charge is 2.20. The molecule has 2 heterocycles. The Balaban J connectivity index is 1.94. The topological polar surface area (TPSA) is 105 Å². The highest BCUT2D eigenvalue weighted by Crippen LogP contribution is 2.25. The van der Waals surface area contributed by atoms with E-state index in [1.807, 2.05) is 0 Å². The van der Waals surface area contributed by atoms with E-state index in [0.29, 0.717) is 28.2 Å². The Labute approximate surface area is 161 Å². The van der Waals surface area contributed by atoms with Gasteiger partial charge in [-0.05, 0) is 30.3 Å². The van der Waals surface area contributed by atoms with Gasteiger partial charge in [0.25, 0.3) is 5.56 Å². The molecule has 138 valence electrons. The molecule has 0 atom stereocenters. The summed E-state index contributed by atoms with van der Waals surface area (Å²) in [6.07, 6.45) is 2.79. The van der Waals surface area contributed by atoms with E-state index >= 15 is 0 Å². The first-order valence-corrected chi connectivity index (χ1v) is 10.2. The van der Waals surface area contributed by atoms with Crippen LogP contribution in [0.15, 0.2) is 69.4 Å². The van der Waals surface area contributed by atoms with Crippen molar-refractivity contribution in [3.63, 3.8) is 0 Å². The fourth-order valence-electron chi connectivity index (χ4n) is 3.12. The molecule has 3 aromatic rings. The molecule has 0 saturated heterocycles. The van der Waals surface area contributed by atoms with Gasteiger partial charge in [0, 0.05) is 29.6 Å². The third-order valence-corrected chi connectivity index (χ3v) is 5.59. The first kappa shape index (κ1) is 17.8. The van der Waals surface area contributed by atoms with Crippen molar-refractivity contribution in [1.29, 1.82) is 5.26 Å². The smallest absolute Gasteiger partial charge is 0.272 e. The van der Waals surface area contributed by atoms with Crippen LogP contribution in [-0.2, 0) is 16.4 Å². The number of benzene rings is 2. The van der Waals surface area contributed by atoms with Gasteiger partial charge in [-0.25, -0.2) is 8.42 Å². The summed E-state index contributed by atoms with van der Waals surface area (Å²) in [4.78, 5) is 20.6. The molecule has 0 amide bonds. The maximum atomic E-state index is 11.7. The Hall–Kier alpha value is -3.57. The van der Waals surface area contributed by atoms with Gasteiger partial charge < -0.3 is 4.57 Å². The molecule has 7 nitrogen and oxygen atoms in total. The molecule has 28 heavy (non-hydrogen) atoms. The number of nitrogens with zero attached hydrogens (tertiary/aromatic N) is 4. The van der Waals surface area contributed by atoms with Gasteiger partial charge in [0.05, 0.1) is 34.5 Å². The summed E-state index contributed by atoms with van der Waals surface area (Å²) < 4.78 is 25.2. The lowest BCUT2D eigenvalue weighted by molar-refractivity contribution is 0.602.